The maximum Gasteiger partial charge on any atom is 0.332 e. The number of rotatable bonds is 5. The molecule has 7 heteroatoms. The van der Waals surface area contributed by atoms with Crippen molar-refractivity contribution in [2.75, 3.05) is 6.54 Å². The van der Waals surface area contributed by atoms with Crippen molar-refractivity contribution in [1.82, 2.24) is 0 Å². The van der Waals surface area contributed by atoms with Gasteiger partial charge in [0, 0.05) is 0 Å². The molecule has 0 rings (SSSR count). The van der Waals surface area contributed by atoms with Crippen LogP contribution in [0.5, 0.6) is 0 Å². The second-order valence-electron chi connectivity index (χ2n) is 2.47. The average Bonchev–Trinajstić information content (AvgIpc) is 2.01. The Bertz CT molecular complexity index is 251. The Morgan fingerprint density at radius 2 is 1.69 bits per heavy atom. The van der Waals surface area contributed by atoms with Gasteiger partial charge in [0.2, 0.25) is 0 Å². The van der Waals surface area contributed by atoms with Gasteiger partial charge in [-0.3, -0.25) is 9.59 Å². The minimum atomic E-state index is -2.42. The summed E-state index contributed by atoms with van der Waals surface area (Å²) in [6.07, 6.45) is -0.974. The third-order valence-electron chi connectivity index (χ3n) is 1.49. The zero-order chi connectivity index (χ0) is 10.6. The summed E-state index contributed by atoms with van der Waals surface area (Å²) >= 11 is 0. The van der Waals surface area contributed by atoms with E-state index in [-0.39, 0.29) is 0 Å². The van der Waals surface area contributed by atoms with Crippen molar-refractivity contribution < 1.29 is 24.6 Å². The Labute approximate surface area is 73.3 Å². The second kappa shape index (κ2) is 3.97. The SMILES string of the molecule is NCC(=O)[C@](N)(CC(=O)O)C(=O)O. The molecule has 0 aromatic carbocycles. The Balaban J connectivity index is 4.83. The topological polar surface area (TPSA) is 144 Å². The largest absolute Gasteiger partial charge is 0.481 e. The number of carboxylic acids is 2. The standard InChI is InChI=1S/C6H10N2O5/c7-2-3(9)6(8,5(12)13)1-4(10)11/h1-2,7-8H2,(H,10,11)(H,12,13)/t6-/m1/s1. The van der Waals surface area contributed by atoms with E-state index < -0.39 is 36.2 Å². The first-order valence-electron chi connectivity index (χ1n) is 3.32. The number of nitrogens with two attached hydrogens (primary N) is 2. The van der Waals surface area contributed by atoms with Crippen molar-refractivity contribution in [2.24, 2.45) is 11.5 Å². The van der Waals surface area contributed by atoms with E-state index in [2.05, 4.69) is 0 Å². The number of carbonyl (C=O) groups excluding carboxylic acids is 1. The summed E-state index contributed by atoms with van der Waals surface area (Å²) in [5.74, 6) is -4.17. The third kappa shape index (κ3) is 2.49. The predicted octanol–water partition coefficient (Wildman–Crippen LogP) is -2.23. The monoisotopic (exact) mass is 190 g/mol. The molecule has 0 unspecified atom stereocenters. The summed E-state index contributed by atoms with van der Waals surface area (Å²) < 4.78 is 0. The number of aliphatic carboxylic acids is 2. The molecular formula is C6H10N2O5. The van der Waals surface area contributed by atoms with Crippen LogP contribution in [-0.4, -0.2) is 40.0 Å². The number of hydrogen-bond donors (Lipinski definition) is 4. The molecule has 7 nitrogen and oxygen atoms in total. The van der Waals surface area contributed by atoms with Crippen molar-refractivity contribution in [3.8, 4) is 0 Å². The first kappa shape index (κ1) is 11.5. The van der Waals surface area contributed by atoms with Crippen LogP contribution in [0.1, 0.15) is 6.42 Å². The fourth-order valence-electron chi connectivity index (χ4n) is 0.714. The predicted molar refractivity (Wildman–Crippen MR) is 40.9 cm³/mol. The van der Waals surface area contributed by atoms with Crippen LogP contribution in [0, 0.1) is 0 Å². The summed E-state index contributed by atoms with van der Waals surface area (Å²) in [4.78, 5) is 31.6. The van der Waals surface area contributed by atoms with Gasteiger partial charge in [0.25, 0.3) is 0 Å². The lowest BCUT2D eigenvalue weighted by Crippen LogP contribution is -2.58. The number of ketones is 1. The minimum Gasteiger partial charge on any atom is -0.481 e. The molecule has 0 radical (unpaired) electrons. The summed E-state index contributed by atoms with van der Waals surface area (Å²) in [7, 11) is 0. The fourth-order valence-corrected chi connectivity index (χ4v) is 0.714. The number of hydrogen-bond acceptors (Lipinski definition) is 5. The van der Waals surface area contributed by atoms with E-state index >= 15 is 0 Å². The molecule has 1 atom stereocenters. The van der Waals surface area contributed by atoms with Gasteiger partial charge in [-0.2, -0.15) is 0 Å². The van der Waals surface area contributed by atoms with Gasteiger partial charge in [-0.15, -0.1) is 0 Å². The first-order chi connectivity index (χ1) is 5.84. The molecule has 0 saturated carbocycles. The molecule has 74 valence electrons. The van der Waals surface area contributed by atoms with Crippen LogP contribution in [0.3, 0.4) is 0 Å². The van der Waals surface area contributed by atoms with Gasteiger partial charge in [-0.05, 0) is 0 Å². The lowest BCUT2D eigenvalue weighted by Gasteiger charge is -2.19. The normalized spacial score (nSPS) is 14.6. The van der Waals surface area contributed by atoms with Crippen molar-refractivity contribution in [3.05, 3.63) is 0 Å². The van der Waals surface area contributed by atoms with E-state index in [1.807, 2.05) is 0 Å². The number of Topliss-reactive ketones (excluding diaryl/α,β-unsaturated/α-hetero) is 1. The summed E-state index contributed by atoms with van der Waals surface area (Å²) in [5, 5.41) is 16.8. The highest BCUT2D eigenvalue weighted by atomic mass is 16.4. The van der Waals surface area contributed by atoms with E-state index in [1.54, 1.807) is 0 Å². The van der Waals surface area contributed by atoms with Gasteiger partial charge in [-0.25, -0.2) is 4.79 Å². The van der Waals surface area contributed by atoms with E-state index in [1.165, 1.54) is 0 Å². The fraction of sp³-hybridized carbons (Fsp3) is 0.500. The quantitative estimate of drug-likeness (QED) is 0.359. The molecule has 0 aliphatic rings. The van der Waals surface area contributed by atoms with Crippen LogP contribution in [0.15, 0.2) is 0 Å². The molecule has 0 bridgehead atoms. The zero-order valence-electron chi connectivity index (χ0n) is 6.69. The molecule has 0 spiro atoms. The molecule has 0 heterocycles. The van der Waals surface area contributed by atoms with E-state index in [9.17, 15) is 14.4 Å². The van der Waals surface area contributed by atoms with Gasteiger partial charge in [0.1, 0.15) is 0 Å². The maximum atomic E-state index is 10.9. The highest BCUT2D eigenvalue weighted by molar-refractivity contribution is 6.10. The van der Waals surface area contributed by atoms with E-state index in [0.717, 1.165) is 0 Å². The summed E-state index contributed by atoms with van der Waals surface area (Å²) in [6, 6.07) is 0. The van der Waals surface area contributed by atoms with Crippen molar-refractivity contribution in [3.63, 3.8) is 0 Å². The molecule has 0 saturated heterocycles. The summed E-state index contributed by atoms with van der Waals surface area (Å²) in [6.45, 7) is -0.601. The van der Waals surface area contributed by atoms with Gasteiger partial charge < -0.3 is 21.7 Å². The van der Waals surface area contributed by atoms with E-state index in [0.29, 0.717) is 0 Å². The van der Waals surface area contributed by atoms with Crippen LogP contribution in [0.4, 0.5) is 0 Å². The van der Waals surface area contributed by atoms with Crippen molar-refractivity contribution in [1.29, 1.82) is 0 Å². The molecule has 0 aliphatic carbocycles. The van der Waals surface area contributed by atoms with Crippen molar-refractivity contribution >= 4 is 17.7 Å². The molecular weight excluding hydrogens is 180 g/mol. The lowest BCUT2D eigenvalue weighted by atomic mass is 9.91. The van der Waals surface area contributed by atoms with Gasteiger partial charge in [0.15, 0.2) is 11.3 Å². The molecule has 0 amide bonds. The van der Waals surface area contributed by atoms with Crippen LogP contribution >= 0.6 is 0 Å². The minimum absolute atomic E-state index is 0.601. The first-order valence-corrected chi connectivity index (χ1v) is 3.32. The highest BCUT2D eigenvalue weighted by Gasteiger charge is 2.43. The maximum absolute atomic E-state index is 10.9. The highest BCUT2D eigenvalue weighted by Crippen LogP contribution is 2.08. The van der Waals surface area contributed by atoms with Crippen LogP contribution < -0.4 is 11.5 Å². The molecule has 13 heavy (non-hydrogen) atoms. The van der Waals surface area contributed by atoms with Crippen LogP contribution in [0.25, 0.3) is 0 Å². The summed E-state index contributed by atoms with van der Waals surface area (Å²) in [5.41, 5.74) is 7.56. The Morgan fingerprint density at radius 3 is 1.92 bits per heavy atom. The molecule has 6 N–H and O–H groups in total. The van der Waals surface area contributed by atoms with Gasteiger partial charge in [0.05, 0.1) is 13.0 Å². The average molecular weight is 190 g/mol. The smallest absolute Gasteiger partial charge is 0.332 e. The van der Waals surface area contributed by atoms with Crippen molar-refractivity contribution in [2.45, 2.75) is 12.0 Å². The second-order valence-corrected chi connectivity index (χ2v) is 2.47. The van der Waals surface area contributed by atoms with Crippen LogP contribution in [0.2, 0.25) is 0 Å². The van der Waals surface area contributed by atoms with E-state index in [4.69, 9.17) is 21.7 Å². The lowest BCUT2D eigenvalue weighted by molar-refractivity contribution is -0.153. The Kier molecular flexibility index (Phi) is 3.52. The molecule has 0 aromatic rings. The van der Waals surface area contributed by atoms with Gasteiger partial charge >= 0.3 is 11.9 Å². The molecule has 0 fully saturated rings. The Hall–Kier alpha value is -1.47. The Morgan fingerprint density at radius 1 is 1.23 bits per heavy atom. The third-order valence-corrected chi connectivity index (χ3v) is 1.49. The van der Waals surface area contributed by atoms with Crippen LogP contribution in [-0.2, 0) is 14.4 Å². The number of carboxylic acid groups (broad SMARTS) is 2. The number of carbonyl (C=O) groups is 3. The molecule has 0 aliphatic heterocycles. The zero-order valence-corrected chi connectivity index (χ0v) is 6.69. The van der Waals surface area contributed by atoms with Gasteiger partial charge in [-0.1, -0.05) is 0 Å². The molecule has 0 aromatic heterocycles.